The van der Waals surface area contributed by atoms with Crippen molar-refractivity contribution < 1.29 is 5.11 Å². The van der Waals surface area contributed by atoms with Crippen molar-refractivity contribution in [2.45, 2.75) is 32.3 Å². The van der Waals surface area contributed by atoms with E-state index in [4.69, 9.17) is 0 Å². The van der Waals surface area contributed by atoms with E-state index in [9.17, 15) is 5.11 Å². The lowest BCUT2D eigenvalue weighted by Crippen LogP contribution is -2.37. The minimum atomic E-state index is -0.647. The van der Waals surface area contributed by atoms with Gasteiger partial charge < -0.3 is 10.4 Å². The van der Waals surface area contributed by atoms with Gasteiger partial charge in [0.1, 0.15) is 5.60 Å². The highest BCUT2D eigenvalue weighted by Gasteiger charge is 2.35. The van der Waals surface area contributed by atoms with Crippen molar-refractivity contribution in [1.29, 1.82) is 0 Å². The zero-order valence-electron chi connectivity index (χ0n) is 10.2. The first-order valence-electron chi connectivity index (χ1n) is 6.13. The average molecular weight is 219 g/mol. The first-order chi connectivity index (χ1) is 7.62. The molecule has 0 fully saturated rings. The molecule has 2 nitrogen and oxygen atoms in total. The molecule has 0 aromatic heterocycles. The zero-order chi connectivity index (χ0) is 11.6. The van der Waals surface area contributed by atoms with Crippen molar-refractivity contribution >= 4 is 0 Å². The molecule has 1 aliphatic rings. The van der Waals surface area contributed by atoms with Crippen LogP contribution in [0.15, 0.2) is 24.3 Å². The molecule has 1 aliphatic carbocycles. The maximum absolute atomic E-state index is 10.6. The Morgan fingerprint density at radius 1 is 1.38 bits per heavy atom. The van der Waals surface area contributed by atoms with Crippen LogP contribution in [0.2, 0.25) is 0 Å². The van der Waals surface area contributed by atoms with E-state index in [1.54, 1.807) is 0 Å². The fraction of sp³-hybridized carbons (Fsp3) is 0.571. The minimum Gasteiger partial charge on any atom is -0.384 e. The highest BCUT2D eigenvalue weighted by atomic mass is 16.3. The molecular weight excluding hydrogens is 198 g/mol. The summed E-state index contributed by atoms with van der Waals surface area (Å²) in [4.78, 5) is 0. The van der Waals surface area contributed by atoms with E-state index in [-0.39, 0.29) is 0 Å². The van der Waals surface area contributed by atoms with Gasteiger partial charge in [0.25, 0.3) is 0 Å². The molecule has 0 spiro atoms. The predicted molar refractivity (Wildman–Crippen MR) is 66.4 cm³/mol. The van der Waals surface area contributed by atoms with Crippen LogP contribution in [0.1, 0.15) is 31.4 Å². The number of nitrogens with one attached hydrogen (secondary N) is 1. The van der Waals surface area contributed by atoms with Gasteiger partial charge >= 0.3 is 0 Å². The summed E-state index contributed by atoms with van der Waals surface area (Å²) in [6, 6.07) is 8.23. The summed E-state index contributed by atoms with van der Waals surface area (Å²) in [7, 11) is 0. The number of aryl methyl sites for hydroxylation is 1. The Bertz CT molecular complexity index is 362. The van der Waals surface area contributed by atoms with Crippen LogP contribution < -0.4 is 5.32 Å². The van der Waals surface area contributed by atoms with Crippen molar-refractivity contribution in [2.75, 3.05) is 13.1 Å². The summed E-state index contributed by atoms with van der Waals surface area (Å²) in [5, 5.41) is 14.0. The first-order valence-corrected chi connectivity index (χ1v) is 6.13. The molecule has 0 aliphatic heterocycles. The standard InChI is InChI=1S/C14H21NO/c1-11(2)9-15-10-14(16)8-7-12-5-3-4-6-13(12)14/h3-6,11,15-16H,7-10H2,1-2H3. The van der Waals surface area contributed by atoms with Gasteiger partial charge in [0.05, 0.1) is 0 Å². The molecule has 88 valence electrons. The summed E-state index contributed by atoms with van der Waals surface area (Å²) in [6.07, 6.45) is 1.84. The van der Waals surface area contributed by atoms with Crippen molar-refractivity contribution in [3.63, 3.8) is 0 Å². The lowest BCUT2D eigenvalue weighted by atomic mass is 9.96. The number of rotatable bonds is 4. The molecule has 0 radical (unpaired) electrons. The third-order valence-corrected chi connectivity index (χ3v) is 3.30. The maximum atomic E-state index is 10.6. The van der Waals surface area contributed by atoms with E-state index in [0.29, 0.717) is 12.5 Å². The number of hydrogen-bond donors (Lipinski definition) is 2. The van der Waals surface area contributed by atoms with Crippen LogP contribution in [0.4, 0.5) is 0 Å². The van der Waals surface area contributed by atoms with Crippen LogP contribution in [-0.2, 0) is 12.0 Å². The fourth-order valence-corrected chi connectivity index (χ4v) is 2.42. The molecule has 0 bridgehead atoms. The number of benzene rings is 1. The molecule has 0 saturated heterocycles. The number of aliphatic hydroxyl groups is 1. The van der Waals surface area contributed by atoms with E-state index in [1.165, 1.54) is 5.56 Å². The van der Waals surface area contributed by atoms with Crippen LogP contribution in [0.5, 0.6) is 0 Å². The molecule has 0 saturated carbocycles. The van der Waals surface area contributed by atoms with Crippen LogP contribution in [-0.4, -0.2) is 18.2 Å². The van der Waals surface area contributed by atoms with Gasteiger partial charge in [0, 0.05) is 6.54 Å². The molecular formula is C14H21NO. The Hall–Kier alpha value is -0.860. The third kappa shape index (κ3) is 2.28. The molecule has 1 aromatic carbocycles. The van der Waals surface area contributed by atoms with Crippen molar-refractivity contribution in [3.8, 4) is 0 Å². The SMILES string of the molecule is CC(C)CNCC1(O)CCc2ccccc21. The van der Waals surface area contributed by atoms with Crippen LogP contribution in [0.3, 0.4) is 0 Å². The third-order valence-electron chi connectivity index (χ3n) is 3.30. The number of fused-ring (bicyclic) bond motifs is 1. The summed E-state index contributed by atoms with van der Waals surface area (Å²) in [5.41, 5.74) is 1.77. The van der Waals surface area contributed by atoms with Crippen LogP contribution in [0.25, 0.3) is 0 Å². The molecule has 0 amide bonds. The van der Waals surface area contributed by atoms with E-state index in [0.717, 1.165) is 24.9 Å². The fourth-order valence-electron chi connectivity index (χ4n) is 2.42. The normalized spacial score (nSPS) is 23.8. The highest BCUT2D eigenvalue weighted by molar-refractivity contribution is 5.37. The Morgan fingerprint density at radius 3 is 2.88 bits per heavy atom. The van der Waals surface area contributed by atoms with Crippen LogP contribution >= 0.6 is 0 Å². The Kier molecular flexibility index (Phi) is 3.31. The van der Waals surface area contributed by atoms with E-state index in [2.05, 4.69) is 31.3 Å². The van der Waals surface area contributed by atoms with Gasteiger partial charge in [-0.05, 0) is 36.4 Å². The molecule has 1 unspecified atom stereocenters. The molecule has 16 heavy (non-hydrogen) atoms. The summed E-state index contributed by atoms with van der Waals surface area (Å²) < 4.78 is 0. The Balaban J connectivity index is 2.04. The maximum Gasteiger partial charge on any atom is 0.103 e. The van der Waals surface area contributed by atoms with Gasteiger partial charge in [-0.15, -0.1) is 0 Å². The molecule has 1 atom stereocenters. The van der Waals surface area contributed by atoms with E-state index < -0.39 is 5.60 Å². The molecule has 1 aromatic rings. The topological polar surface area (TPSA) is 32.3 Å². The summed E-state index contributed by atoms with van der Waals surface area (Å²) in [5.74, 6) is 0.625. The van der Waals surface area contributed by atoms with Gasteiger partial charge in [-0.25, -0.2) is 0 Å². The molecule has 2 N–H and O–H groups in total. The Labute approximate surface area is 97.7 Å². The average Bonchev–Trinajstić information content (AvgIpc) is 2.57. The van der Waals surface area contributed by atoms with Crippen molar-refractivity contribution in [1.82, 2.24) is 5.32 Å². The van der Waals surface area contributed by atoms with Gasteiger partial charge in [-0.3, -0.25) is 0 Å². The van der Waals surface area contributed by atoms with Gasteiger partial charge in [0.15, 0.2) is 0 Å². The van der Waals surface area contributed by atoms with E-state index >= 15 is 0 Å². The molecule has 2 rings (SSSR count). The van der Waals surface area contributed by atoms with Gasteiger partial charge in [0.2, 0.25) is 0 Å². The monoisotopic (exact) mass is 219 g/mol. The first kappa shape index (κ1) is 11.6. The quantitative estimate of drug-likeness (QED) is 0.812. The van der Waals surface area contributed by atoms with Crippen molar-refractivity contribution in [2.24, 2.45) is 5.92 Å². The second-order valence-corrected chi connectivity index (χ2v) is 5.21. The minimum absolute atomic E-state index is 0.625. The number of hydrogen-bond acceptors (Lipinski definition) is 2. The summed E-state index contributed by atoms with van der Waals surface area (Å²) >= 11 is 0. The van der Waals surface area contributed by atoms with Gasteiger partial charge in [-0.2, -0.15) is 0 Å². The summed E-state index contributed by atoms with van der Waals surface area (Å²) in [6.45, 7) is 5.99. The predicted octanol–water partition coefficient (Wildman–Crippen LogP) is 2.07. The van der Waals surface area contributed by atoms with E-state index in [1.807, 2.05) is 12.1 Å². The second-order valence-electron chi connectivity index (χ2n) is 5.21. The smallest absolute Gasteiger partial charge is 0.103 e. The molecule has 2 heteroatoms. The highest BCUT2D eigenvalue weighted by Crippen LogP contribution is 2.36. The second kappa shape index (κ2) is 4.56. The zero-order valence-corrected chi connectivity index (χ0v) is 10.2. The van der Waals surface area contributed by atoms with Crippen LogP contribution in [0, 0.1) is 5.92 Å². The molecule has 0 heterocycles. The largest absolute Gasteiger partial charge is 0.384 e. The lowest BCUT2D eigenvalue weighted by Gasteiger charge is -2.25. The van der Waals surface area contributed by atoms with Gasteiger partial charge in [-0.1, -0.05) is 38.1 Å². The lowest BCUT2D eigenvalue weighted by molar-refractivity contribution is 0.0382. The van der Waals surface area contributed by atoms with Crippen molar-refractivity contribution in [3.05, 3.63) is 35.4 Å². The Morgan fingerprint density at radius 2 is 2.12 bits per heavy atom.